The summed E-state index contributed by atoms with van der Waals surface area (Å²) in [6, 6.07) is 31.0. The first-order chi connectivity index (χ1) is 31.8. The van der Waals surface area contributed by atoms with Crippen molar-refractivity contribution in [1.82, 2.24) is 34.6 Å². The van der Waals surface area contributed by atoms with E-state index in [9.17, 15) is 8.42 Å². The average molecular weight is 922 g/mol. The van der Waals surface area contributed by atoms with Gasteiger partial charge in [0.15, 0.2) is 0 Å². The first-order valence-corrected chi connectivity index (χ1v) is 23.6. The number of nitrogens with one attached hydrogen (secondary N) is 3. The van der Waals surface area contributed by atoms with E-state index in [2.05, 4.69) is 57.4 Å². The standard InChI is InChI=1S/C26H26ClN5O3S.C24H23N5O/c1-17-3-6-20(15-28-17)35-24-8-5-19(14-22(24)27)31-25-21-13-18(4-7-23(21)29-16-30-25)9-10-26(11-12-26)32-36(2,33)34;1-16-12-19(7-10-23(16)30-20-8-5-17(2)26-14-20)29-24-21-13-18(4-3-11-25)6-9-22(21)27-15-28-24/h3-8,13-16,32H,9-12H2,1-2H3,(H,29,30,31);3-10,12-15H,11,25H2,1-2H3,(H,27,28,29). The molecule has 0 unspecified atom stereocenters. The van der Waals surface area contributed by atoms with Crippen LogP contribution in [0.5, 0.6) is 23.0 Å². The zero-order valence-electron chi connectivity index (χ0n) is 36.9. The number of fused-ring (bicyclic) bond motifs is 2. The molecule has 0 spiro atoms. The van der Waals surface area contributed by atoms with Gasteiger partial charge in [0.25, 0.3) is 0 Å². The zero-order valence-corrected chi connectivity index (χ0v) is 38.5. The number of sulfonamides is 1. The van der Waals surface area contributed by atoms with E-state index in [1.807, 2.05) is 106 Å². The molecule has 0 saturated heterocycles. The van der Waals surface area contributed by atoms with Gasteiger partial charge in [-0.15, -0.1) is 0 Å². The molecule has 4 aromatic heterocycles. The number of nitrogens with zero attached hydrogens (tertiary/aromatic N) is 6. The Morgan fingerprint density at radius 1 is 0.697 bits per heavy atom. The van der Waals surface area contributed by atoms with E-state index in [1.54, 1.807) is 30.9 Å². The van der Waals surface area contributed by atoms with E-state index in [-0.39, 0.29) is 5.54 Å². The molecule has 336 valence electrons. The van der Waals surface area contributed by atoms with Gasteiger partial charge in [-0.1, -0.05) is 35.9 Å². The molecule has 4 aromatic carbocycles. The Kier molecular flexibility index (Phi) is 13.8. The van der Waals surface area contributed by atoms with Crippen LogP contribution in [0.25, 0.3) is 27.9 Å². The molecular weight excluding hydrogens is 872 g/mol. The Bertz CT molecular complexity index is 3150. The highest BCUT2D eigenvalue weighted by atomic mass is 35.5. The van der Waals surface area contributed by atoms with Crippen molar-refractivity contribution in [3.05, 3.63) is 161 Å². The number of nitrogens with two attached hydrogens (primary N) is 1. The number of aryl methyl sites for hydroxylation is 4. The lowest BCUT2D eigenvalue weighted by Crippen LogP contribution is -2.36. The van der Waals surface area contributed by atoms with Crippen molar-refractivity contribution in [2.75, 3.05) is 23.4 Å². The van der Waals surface area contributed by atoms with Crippen molar-refractivity contribution >= 4 is 72.5 Å². The summed E-state index contributed by atoms with van der Waals surface area (Å²) in [4.78, 5) is 26.1. The number of anilines is 4. The molecule has 0 aliphatic heterocycles. The Morgan fingerprint density at radius 2 is 1.29 bits per heavy atom. The van der Waals surface area contributed by atoms with Crippen molar-refractivity contribution < 1.29 is 17.9 Å². The third-order valence-corrected chi connectivity index (χ3v) is 11.9. The van der Waals surface area contributed by atoms with Gasteiger partial charge < -0.3 is 25.8 Å². The van der Waals surface area contributed by atoms with Gasteiger partial charge in [0.2, 0.25) is 10.0 Å². The zero-order chi connectivity index (χ0) is 46.3. The summed E-state index contributed by atoms with van der Waals surface area (Å²) in [5.74, 6) is 4.04. The van der Waals surface area contributed by atoms with Crippen LogP contribution >= 0.6 is 11.6 Å². The molecule has 9 rings (SSSR count). The van der Waals surface area contributed by atoms with Gasteiger partial charge in [0.05, 0.1) is 34.7 Å². The molecule has 4 heterocycles. The second-order valence-electron chi connectivity index (χ2n) is 16.2. The van der Waals surface area contributed by atoms with Crippen LogP contribution < -0.4 is 30.6 Å². The van der Waals surface area contributed by atoms with Gasteiger partial charge in [-0.05, 0) is 148 Å². The summed E-state index contributed by atoms with van der Waals surface area (Å²) in [6.07, 6.45) is 14.8. The number of halogens is 1. The van der Waals surface area contributed by atoms with Gasteiger partial charge in [-0.3, -0.25) is 9.97 Å². The molecule has 14 nitrogen and oxygen atoms in total. The maximum atomic E-state index is 11.7. The Morgan fingerprint density at radius 3 is 1.85 bits per heavy atom. The summed E-state index contributed by atoms with van der Waals surface area (Å²) in [6.45, 7) is 6.37. The van der Waals surface area contributed by atoms with Crippen LogP contribution in [-0.2, 0) is 16.4 Å². The van der Waals surface area contributed by atoms with Gasteiger partial charge >= 0.3 is 0 Å². The van der Waals surface area contributed by atoms with Crippen LogP contribution in [0.2, 0.25) is 5.02 Å². The Hall–Kier alpha value is -7.04. The van der Waals surface area contributed by atoms with Gasteiger partial charge in [-0.2, -0.15) is 0 Å². The third-order valence-electron chi connectivity index (χ3n) is 10.8. The number of hydrogen-bond acceptors (Lipinski definition) is 13. The van der Waals surface area contributed by atoms with Gasteiger partial charge in [0.1, 0.15) is 47.3 Å². The van der Waals surface area contributed by atoms with Crippen molar-refractivity contribution in [1.29, 1.82) is 0 Å². The Balaban J connectivity index is 0.000000182. The minimum Gasteiger partial charge on any atom is -0.455 e. The monoisotopic (exact) mass is 920 g/mol. The lowest BCUT2D eigenvalue weighted by atomic mass is 10.0. The topological polar surface area (TPSA) is 192 Å². The average Bonchev–Trinajstić information content (AvgIpc) is 4.06. The van der Waals surface area contributed by atoms with E-state index in [4.69, 9.17) is 26.8 Å². The maximum absolute atomic E-state index is 11.7. The highest BCUT2D eigenvalue weighted by molar-refractivity contribution is 7.88. The van der Waals surface area contributed by atoms with E-state index < -0.39 is 10.0 Å². The second-order valence-corrected chi connectivity index (χ2v) is 18.4. The smallest absolute Gasteiger partial charge is 0.209 e. The lowest BCUT2D eigenvalue weighted by molar-refractivity contribution is 0.476. The number of aromatic nitrogens is 6. The van der Waals surface area contributed by atoms with Crippen molar-refractivity contribution in [2.45, 2.75) is 52.0 Å². The molecule has 0 radical (unpaired) electrons. The van der Waals surface area contributed by atoms with E-state index in [0.29, 0.717) is 34.6 Å². The van der Waals surface area contributed by atoms with Crippen LogP contribution in [-0.4, -0.2) is 56.7 Å². The molecule has 0 atom stereocenters. The molecule has 8 aromatic rings. The summed E-state index contributed by atoms with van der Waals surface area (Å²) in [5, 5.41) is 9.01. The van der Waals surface area contributed by atoms with Gasteiger partial charge in [-0.25, -0.2) is 33.1 Å². The minimum atomic E-state index is -3.23. The van der Waals surface area contributed by atoms with E-state index in [0.717, 1.165) is 98.5 Å². The summed E-state index contributed by atoms with van der Waals surface area (Å²) < 4.78 is 38.0. The van der Waals surface area contributed by atoms with E-state index in [1.165, 1.54) is 12.6 Å². The molecule has 5 N–H and O–H groups in total. The highest BCUT2D eigenvalue weighted by Crippen LogP contribution is 2.41. The van der Waals surface area contributed by atoms with E-state index >= 15 is 0 Å². The second kappa shape index (κ2) is 20.0. The molecule has 1 fully saturated rings. The molecule has 1 saturated carbocycles. The van der Waals surface area contributed by atoms with Crippen LogP contribution in [0, 0.1) is 20.8 Å². The number of benzene rings is 4. The highest BCUT2D eigenvalue weighted by Gasteiger charge is 2.44. The largest absolute Gasteiger partial charge is 0.455 e. The summed E-state index contributed by atoms with van der Waals surface area (Å²) in [7, 11) is -3.23. The quantitative estimate of drug-likeness (QED) is 0.0760. The first-order valence-electron chi connectivity index (χ1n) is 21.3. The SMILES string of the molecule is Cc1ccc(Oc2ccc(Nc3ncnc4ccc(C=CCN)cc34)cc2C)cn1.Cc1ccc(Oc2ccc(Nc3ncnc4ccc(CCC5(NS(C)(=O)=O)CC5)cc34)cc2Cl)cn1. The first kappa shape index (κ1) is 45.5. The Labute approximate surface area is 388 Å². The molecule has 16 heteroatoms. The minimum absolute atomic E-state index is 0.313. The normalized spacial score (nSPS) is 13.0. The van der Waals surface area contributed by atoms with Crippen molar-refractivity contribution in [2.24, 2.45) is 5.73 Å². The molecule has 66 heavy (non-hydrogen) atoms. The predicted octanol–water partition coefficient (Wildman–Crippen LogP) is 10.7. The maximum Gasteiger partial charge on any atom is 0.209 e. The number of ether oxygens (including phenoxy) is 2. The molecule has 0 bridgehead atoms. The molecule has 0 amide bonds. The number of pyridine rings is 2. The summed E-state index contributed by atoms with van der Waals surface area (Å²) >= 11 is 6.49. The van der Waals surface area contributed by atoms with Crippen molar-refractivity contribution in [3.8, 4) is 23.0 Å². The van der Waals surface area contributed by atoms with Crippen LogP contribution in [0.3, 0.4) is 0 Å². The predicted molar refractivity (Wildman–Crippen MR) is 263 cm³/mol. The fourth-order valence-electron chi connectivity index (χ4n) is 7.23. The molecule has 1 aliphatic rings. The number of hydrogen-bond donors (Lipinski definition) is 4. The third kappa shape index (κ3) is 12.0. The molecule has 1 aliphatic carbocycles. The fourth-order valence-corrected chi connectivity index (χ4v) is 8.54. The van der Waals surface area contributed by atoms with Crippen molar-refractivity contribution in [3.63, 3.8) is 0 Å². The molecular formula is C50H49ClN10O4S. The lowest BCUT2D eigenvalue weighted by Gasteiger charge is -2.16. The van der Waals surface area contributed by atoms with Gasteiger partial charge in [0, 0.05) is 45.6 Å². The summed E-state index contributed by atoms with van der Waals surface area (Å²) in [5.41, 5.74) is 13.6. The van der Waals surface area contributed by atoms with Crippen LogP contribution in [0.15, 0.2) is 128 Å². The number of rotatable bonds is 15. The van der Waals surface area contributed by atoms with Crippen LogP contribution in [0.4, 0.5) is 23.0 Å². The fraction of sp³-hybridized carbons (Fsp3) is 0.200. The van der Waals surface area contributed by atoms with Crippen LogP contribution in [0.1, 0.15) is 47.3 Å².